The average molecular weight is 456 g/mol. The van der Waals surface area contributed by atoms with Crippen molar-refractivity contribution in [3.05, 3.63) is 58.4 Å². The van der Waals surface area contributed by atoms with Crippen LogP contribution >= 0.6 is 34.4 Å². The first kappa shape index (κ1) is 19.7. The SMILES string of the molecule is Cc1cccc(-n2c(SCc3csc(-c4cccs4)n3)nnc2N2CCOCC2)c1. The number of benzene rings is 1. The normalized spacial score (nSPS) is 14.4. The molecule has 3 aromatic heterocycles. The molecule has 0 atom stereocenters. The van der Waals surface area contributed by atoms with Crippen molar-refractivity contribution in [1.82, 2.24) is 19.7 Å². The highest BCUT2D eigenvalue weighted by Crippen LogP contribution is 2.32. The first-order valence-electron chi connectivity index (χ1n) is 9.74. The molecule has 6 nitrogen and oxygen atoms in total. The molecule has 0 saturated carbocycles. The molecule has 0 spiro atoms. The summed E-state index contributed by atoms with van der Waals surface area (Å²) in [7, 11) is 0. The van der Waals surface area contributed by atoms with E-state index in [1.807, 2.05) is 0 Å². The second kappa shape index (κ2) is 8.89. The van der Waals surface area contributed by atoms with Crippen LogP contribution in [0.25, 0.3) is 15.6 Å². The number of anilines is 1. The van der Waals surface area contributed by atoms with Gasteiger partial charge in [-0.2, -0.15) is 0 Å². The van der Waals surface area contributed by atoms with Gasteiger partial charge in [0, 0.05) is 24.2 Å². The minimum atomic E-state index is 0.716. The lowest BCUT2D eigenvalue weighted by Crippen LogP contribution is -2.37. The fourth-order valence-corrected chi connectivity index (χ4v) is 5.92. The molecule has 1 aliphatic heterocycles. The number of aromatic nitrogens is 4. The number of hydrogen-bond donors (Lipinski definition) is 0. The number of morpholine rings is 1. The van der Waals surface area contributed by atoms with Crippen molar-refractivity contribution in [1.29, 1.82) is 0 Å². The molecule has 0 bridgehead atoms. The Hall–Kier alpha value is -2.20. The van der Waals surface area contributed by atoms with Crippen LogP contribution in [-0.4, -0.2) is 46.1 Å². The molecule has 4 heterocycles. The maximum absolute atomic E-state index is 5.52. The number of aryl methyl sites for hydroxylation is 1. The van der Waals surface area contributed by atoms with Crippen LogP contribution in [0.1, 0.15) is 11.3 Å². The predicted octanol–water partition coefficient (Wildman–Crippen LogP) is 4.89. The maximum atomic E-state index is 5.52. The van der Waals surface area contributed by atoms with Gasteiger partial charge >= 0.3 is 0 Å². The molecule has 0 aliphatic carbocycles. The molecule has 0 radical (unpaired) electrons. The van der Waals surface area contributed by atoms with E-state index >= 15 is 0 Å². The van der Waals surface area contributed by atoms with Gasteiger partial charge in [-0.15, -0.1) is 32.9 Å². The van der Waals surface area contributed by atoms with Crippen molar-refractivity contribution >= 4 is 40.4 Å². The summed E-state index contributed by atoms with van der Waals surface area (Å²) in [6, 6.07) is 12.7. The summed E-state index contributed by atoms with van der Waals surface area (Å²) < 4.78 is 7.68. The zero-order valence-corrected chi connectivity index (χ0v) is 19.0. The van der Waals surface area contributed by atoms with E-state index in [0.717, 1.165) is 46.3 Å². The second-order valence-corrected chi connectivity index (χ2v) is 9.71. The molecule has 1 aliphatic rings. The van der Waals surface area contributed by atoms with E-state index in [0.29, 0.717) is 13.2 Å². The van der Waals surface area contributed by atoms with E-state index in [1.54, 1.807) is 34.4 Å². The molecule has 30 heavy (non-hydrogen) atoms. The lowest BCUT2D eigenvalue weighted by molar-refractivity contribution is 0.122. The Balaban J connectivity index is 1.42. The summed E-state index contributed by atoms with van der Waals surface area (Å²) in [6.45, 7) is 5.19. The topological polar surface area (TPSA) is 56.1 Å². The fourth-order valence-electron chi connectivity index (χ4n) is 3.34. The van der Waals surface area contributed by atoms with Gasteiger partial charge in [0.2, 0.25) is 5.95 Å². The van der Waals surface area contributed by atoms with Crippen molar-refractivity contribution < 1.29 is 4.74 Å². The van der Waals surface area contributed by atoms with E-state index in [2.05, 4.69) is 73.7 Å². The van der Waals surface area contributed by atoms with E-state index in [4.69, 9.17) is 9.72 Å². The van der Waals surface area contributed by atoms with Crippen LogP contribution in [-0.2, 0) is 10.5 Å². The number of thiophene rings is 1. The van der Waals surface area contributed by atoms with E-state index in [-0.39, 0.29) is 0 Å². The summed E-state index contributed by atoms with van der Waals surface area (Å²) in [5.41, 5.74) is 3.37. The maximum Gasteiger partial charge on any atom is 0.232 e. The molecule has 154 valence electrons. The Morgan fingerprint density at radius 3 is 2.80 bits per heavy atom. The molecule has 5 rings (SSSR count). The quantitative estimate of drug-likeness (QED) is 0.386. The van der Waals surface area contributed by atoms with Crippen molar-refractivity contribution in [2.24, 2.45) is 0 Å². The summed E-state index contributed by atoms with van der Waals surface area (Å²) in [5.74, 6) is 1.64. The van der Waals surface area contributed by atoms with Gasteiger partial charge in [0.15, 0.2) is 5.16 Å². The van der Waals surface area contributed by atoms with Crippen LogP contribution in [0.5, 0.6) is 0 Å². The second-order valence-electron chi connectivity index (χ2n) is 6.97. The molecule has 4 aromatic rings. The van der Waals surface area contributed by atoms with Crippen molar-refractivity contribution in [3.8, 4) is 15.6 Å². The lowest BCUT2D eigenvalue weighted by Gasteiger charge is -2.28. The summed E-state index contributed by atoms with van der Waals surface area (Å²) in [6.07, 6.45) is 0. The van der Waals surface area contributed by atoms with E-state index in [1.165, 1.54) is 10.4 Å². The number of thiazole rings is 1. The highest BCUT2D eigenvalue weighted by molar-refractivity contribution is 7.98. The van der Waals surface area contributed by atoms with Crippen molar-refractivity contribution in [2.45, 2.75) is 17.8 Å². The summed E-state index contributed by atoms with van der Waals surface area (Å²) in [4.78, 5) is 8.27. The minimum absolute atomic E-state index is 0.716. The highest BCUT2D eigenvalue weighted by Gasteiger charge is 2.22. The van der Waals surface area contributed by atoms with Crippen LogP contribution < -0.4 is 4.90 Å². The molecular weight excluding hydrogens is 434 g/mol. The van der Waals surface area contributed by atoms with Crippen LogP contribution in [0, 0.1) is 6.92 Å². The van der Waals surface area contributed by atoms with Gasteiger partial charge in [-0.25, -0.2) is 4.98 Å². The van der Waals surface area contributed by atoms with Crippen molar-refractivity contribution in [3.63, 3.8) is 0 Å². The Morgan fingerprint density at radius 1 is 1.10 bits per heavy atom. The monoisotopic (exact) mass is 455 g/mol. The van der Waals surface area contributed by atoms with Gasteiger partial charge in [-0.05, 0) is 36.1 Å². The molecule has 1 fully saturated rings. The lowest BCUT2D eigenvalue weighted by atomic mass is 10.2. The summed E-state index contributed by atoms with van der Waals surface area (Å²) in [5, 5.41) is 15.3. The molecule has 9 heteroatoms. The van der Waals surface area contributed by atoms with Crippen LogP contribution in [0.15, 0.2) is 52.3 Å². The first-order valence-corrected chi connectivity index (χ1v) is 12.5. The largest absolute Gasteiger partial charge is 0.378 e. The van der Waals surface area contributed by atoms with Crippen LogP contribution in [0.3, 0.4) is 0 Å². The van der Waals surface area contributed by atoms with Crippen LogP contribution in [0.2, 0.25) is 0 Å². The van der Waals surface area contributed by atoms with Gasteiger partial charge in [0.05, 0.1) is 29.5 Å². The van der Waals surface area contributed by atoms with Gasteiger partial charge in [0.25, 0.3) is 0 Å². The van der Waals surface area contributed by atoms with Gasteiger partial charge in [0.1, 0.15) is 5.01 Å². The van der Waals surface area contributed by atoms with Gasteiger partial charge < -0.3 is 9.64 Å². The smallest absolute Gasteiger partial charge is 0.232 e. The zero-order chi connectivity index (χ0) is 20.3. The molecule has 1 aromatic carbocycles. The molecule has 0 unspecified atom stereocenters. The predicted molar refractivity (Wildman–Crippen MR) is 124 cm³/mol. The standard InChI is InChI=1S/C21H21N5OS3/c1-15-4-2-5-17(12-15)26-20(25-7-9-27-10-8-25)23-24-21(26)30-14-16-13-29-19(22-16)18-6-3-11-28-18/h2-6,11-13H,7-10,14H2,1H3. The fraction of sp³-hybridized carbons (Fsp3) is 0.286. The van der Waals surface area contributed by atoms with Gasteiger partial charge in [-0.1, -0.05) is 30.0 Å². The Morgan fingerprint density at radius 2 is 2.00 bits per heavy atom. The zero-order valence-electron chi connectivity index (χ0n) is 16.5. The number of hydrogen-bond acceptors (Lipinski definition) is 8. The van der Waals surface area contributed by atoms with Crippen molar-refractivity contribution in [2.75, 3.05) is 31.2 Å². The molecule has 0 N–H and O–H groups in total. The third-order valence-electron chi connectivity index (χ3n) is 4.80. The molecular formula is C21H21N5OS3. The third kappa shape index (κ3) is 4.15. The van der Waals surface area contributed by atoms with E-state index < -0.39 is 0 Å². The molecule has 1 saturated heterocycles. The summed E-state index contributed by atoms with van der Waals surface area (Å²) >= 11 is 5.09. The number of nitrogens with zero attached hydrogens (tertiary/aromatic N) is 5. The Labute approximate surface area is 187 Å². The minimum Gasteiger partial charge on any atom is -0.378 e. The Kier molecular flexibility index (Phi) is 5.85. The number of ether oxygens (including phenoxy) is 1. The average Bonchev–Trinajstić information content (AvgIpc) is 3.53. The number of rotatable bonds is 6. The highest BCUT2D eigenvalue weighted by atomic mass is 32.2. The number of thioether (sulfide) groups is 1. The Bertz CT molecular complexity index is 1120. The van der Waals surface area contributed by atoms with Gasteiger partial charge in [-0.3, -0.25) is 4.57 Å². The molecule has 0 amide bonds. The van der Waals surface area contributed by atoms with E-state index in [9.17, 15) is 0 Å². The van der Waals surface area contributed by atoms with Crippen LogP contribution in [0.4, 0.5) is 5.95 Å². The third-order valence-corrected chi connectivity index (χ3v) is 7.70. The first-order chi connectivity index (χ1) is 14.8.